The van der Waals surface area contributed by atoms with Crippen LogP contribution in [0.3, 0.4) is 0 Å². The number of ether oxygens (including phenoxy) is 1. The predicted octanol–water partition coefficient (Wildman–Crippen LogP) is 1.78. The summed E-state index contributed by atoms with van der Waals surface area (Å²) >= 11 is 0. The van der Waals surface area contributed by atoms with Gasteiger partial charge in [0.2, 0.25) is 0 Å². The minimum atomic E-state index is 0.366. The van der Waals surface area contributed by atoms with E-state index in [1.165, 1.54) is 5.56 Å². The number of aromatic hydroxyl groups is 1. The average molecular weight is 209 g/mol. The van der Waals surface area contributed by atoms with E-state index in [9.17, 15) is 5.11 Å². The van der Waals surface area contributed by atoms with Gasteiger partial charge in [-0.3, -0.25) is 4.90 Å². The predicted molar refractivity (Wildman–Crippen MR) is 61.1 cm³/mol. The highest BCUT2D eigenvalue weighted by Gasteiger charge is 2.04. The maximum absolute atomic E-state index is 9.65. The Morgan fingerprint density at radius 1 is 1.40 bits per heavy atom. The Bertz CT molecular complexity index is 312. The average Bonchev–Trinajstić information content (AvgIpc) is 2.20. The van der Waals surface area contributed by atoms with Crippen LogP contribution in [-0.2, 0) is 11.3 Å². The third-order valence-corrected chi connectivity index (χ3v) is 2.35. The van der Waals surface area contributed by atoms with Crippen LogP contribution in [0.5, 0.6) is 5.75 Å². The first-order valence-corrected chi connectivity index (χ1v) is 5.09. The molecule has 0 saturated carbocycles. The minimum Gasteiger partial charge on any atom is -0.508 e. The normalized spacial score (nSPS) is 10.9. The van der Waals surface area contributed by atoms with E-state index in [0.29, 0.717) is 12.4 Å². The van der Waals surface area contributed by atoms with Gasteiger partial charge in [-0.2, -0.15) is 0 Å². The lowest BCUT2D eigenvalue weighted by Gasteiger charge is -2.17. The zero-order valence-electron chi connectivity index (χ0n) is 9.66. The molecular formula is C12H19NO2. The van der Waals surface area contributed by atoms with Crippen LogP contribution < -0.4 is 0 Å². The van der Waals surface area contributed by atoms with E-state index >= 15 is 0 Å². The van der Waals surface area contributed by atoms with Gasteiger partial charge in [0.25, 0.3) is 0 Å². The summed E-state index contributed by atoms with van der Waals surface area (Å²) < 4.78 is 5.00. The lowest BCUT2D eigenvalue weighted by Crippen LogP contribution is -2.22. The number of aryl methyl sites for hydroxylation is 1. The molecule has 1 aromatic carbocycles. The van der Waals surface area contributed by atoms with Crippen LogP contribution >= 0.6 is 0 Å². The summed E-state index contributed by atoms with van der Waals surface area (Å²) in [7, 11) is 3.71. The molecule has 84 valence electrons. The van der Waals surface area contributed by atoms with Crippen molar-refractivity contribution in [2.45, 2.75) is 13.5 Å². The molecule has 3 nitrogen and oxygen atoms in total. The van der Waals surface area contributed by atoms with Crippen LogP contribution in [0.1, 0.15) is 11.1 Å². The number of phenolic OH excluding ortho intramolecular Hbond substituents is 1. The minimum absolute atomic E-state index is 0.366. The van der Waals surface area contributed by atoms with E-state index < -0.39 is 0 Å². The Morgan fingerprint density at radius 3 is 2.80 bits per heavy atom. The number of rotatable bonds is 5. The Hall–Kier alpha value is -1.06. The first-order valence-electron chi connectivity index (χ1n) is 5.09. The standard InChI is InChI=1S/C12H19NO2/c1-10-4-5-12(14)11(8-10)9-13(2)6-7-15-3/h4-5,8,14H,6-7,9H2,1-3H3. The van der Waals surface area contributed by atoms with Gasteiger partial charge in [0.1, 0.15) is 5.75 Å². The van der Waals surface area contributed by atoms with E-state index in [0.717, 1.165) is 18.7 Å². The highest BCUT2D eigenvalue weighted by Crippen LogP contribution is 2.19. The number of likely N-dealkylation sites (N-methyl/N-ethyl adjacent to an activating group) is 1. The smallest absolute Gasteiger partial charge is 0.120 e. The molecule has 0 atom stereocenters. The number of benzene rings is 1. The largest absolute Gasteiger partial charge is 0.508 e. The molecule has 15 heavy (non-hydrogen) atoms. The molecule has 0 fully saturated rings. The number of nitrogens with zero attached hydrogens (tertiary/aromatic N) is 1. The van der Waals surface area contributed by atoms with Crippen LogP contribution in [0.15, 0.2) is 18.2 Å². The highest BCUT2D eigenvalue weighted by atomic mass is 16.5. The van der Waals surface area contributed by atoms with Gasteiger partial charge in [0.05, 0.1) is 6.61 Å². The van der Waals surface area contributed by atoms with Crippen LogP contribution in [0.25, 0.3) is 0 Å². The van der Waals surface area contributed by atoms with Crippen molar-refractivity contribution in [1.82, 2.24) is 4.90 Å². The van der Waals surface area contributed by atoms with Gasteiger partial charge in [-0.05, 0) is 20.0 Å². The SMILES string of the molecule is COCCN(C)Cc1cc(C)ccc1O. The molecule has 1 aromatic rings. The van der Waals surface area contributed by atoms with Crippen molar-refractivity contribution in [3.8, 4) is 5.75 Å². The van der Waals surface area contributed by atoms with Crippen LogP contribution in [0.4, 0.5) is 0 Å². The van der Waals surface area contributed by atoms with E-state index in [1.807, 2.05) is 26.1 Å². The summed E-state index contributed by atoms with van der Waals surface area (Å²) in [5, 5.41) is 9.65. The van der Waals surface area contributed by atoms with E-state index in [2.05, 4.69) is 4.90 Å². The van der Waals surface area contributed by atoms with E-state index in [1.54, 1.807) is 13.2 Å². The molecule has 0 heterocycles. The van der Waals surface area contributed by atoms with Crippen LogP contribution in [0.2, 0.25) is 0 Å². The van der Waals surface area contributed by atoms with Crippen molar-refractivity contribution in [2.24, 2.45) is 0 Å². The fourth-order valence-electron chi connectivity index (χ4n) is 1.46. The monoisotopic (exact) mass is 209 g/mol. The Balaban J connectivity index is 2.59. The molecule has 0 aliphatic rings. The summed E-state index contributed by atoms with van der Waals surface area (Å²) in [6.07, 6.45) is 0. The van der Waals surface area contributed by atoms with Crippen molar-refractivity contribution < 1.29 is 9.84 Å². The van der Waals surface area contributed by atoms with Gasteiger partial charge >= 0.3 is 0 Å². The number of phenols is 1. The molecule has 0 bridgehead atoms. The molecule has 0 aliphatic heterocycles. The summed E-state index contributed by atoms with van der Waals surface area (Å²) in [5.41, 5.74) is 2.14. The second-order valence-electron chi connectivity index (χ2n) is 3.86. The molecule has 0 radical (unpaired) electrons. The second-order valence-corrected chi connectivity index (χ2v) is 3.86. The van der Waals surface area contributed by atoms with Crippen LogP contribution in [-0.4, -0.2) is 37.3 Å². The van der Waals surface area contributed by atoms with E-state index in [4.69, 9.17) is 4.74 Å². The Kier molecular flexibility index (Phi) is 4.59. The third-order valence-electron chi connectivity index (χ3n) is 2.35. The van der Waals surface area contributed by atoms with Gasteiger partial charge in [-0.25, -0.2) is 0 Å². The fourth-order valence-corrected chi connectivity index (χ4v) is 1.46. The zero-order valence-corrected chi connectivity index (χ0v) is 9.66. The summed E-state index contributed by atoms with van der Waals surface area (Å²) in [6, 6.07) is 5.67. The van der Waals surface area contributed by atoms with E-state index in [-0.39, 0.29) is 0 Å². The lowest BCUT2D eigenvalue weighted by atomic mass is 10.1. The second kappa shape index (κ2) is 5.73. The molecule has 0 aliphatic carbocycles. The molecule has 0 saturated heterocycles. The van der Waals surface area contributed by atoms with Crippen molar-refractivity contribution in [2.75, 3.05) is 27.3 Å². The number of hydrogen-bond donors (Lipinski definition) is 1. The first-order chi connectivity index (χ1) is 7.13. The van der Waals surface area contributed by atoms with Gasteiger partial charge in [-0.1, -0.05) is 17.7 Å². The topological polar surface area (TPSA) is 32.7 Å². The number of methoxy groups -OCH3 is 1. The first kappa shape index (κ1) is 12.0. The molecule has 1 rings (SSSR count). The van der Waals surface area contributed by atoms with Crippen LogP contribution in [0, 0.1) is 6.92 Å². The quantitative estimate of drug-likeness (QED) is 0.802. The van der Waals surface area contributed by atoms with Gasteiger partial charge in [0, 0.05) is 25.8 Å². The van der Waals surface area contributed by atoms with Gasteiger partial charge in [0.15, 0.2) is 0 Å². The van der Waals surface area contributed by atoms with Crippen molar-refractivity contribution >= 4 is 0 Å². The highest BCUT2D eigenvalue weighted by molar-refractivity contribution is 5.35. The van der Waals surface area contributed by atoms with Gasteiger partial charge < -0.3 is 9.84 Å². The fraction of sp³-hybridized carbons (Fsp3) is 0.500. The Labute approximate surface area is 91.3 Å². The molecule has 3 heteroatoms. The maximum atomic E-state index is 9.65. The molecule has 1 N–H and O–H groups in total. The Morgan fingerprint density at radius 2 is 2.13 bits per heavy atom. The molecular weight excluding hydrogens is 190 g/mol. The summed E-state index contributed by atoms with van der Waals surface area (Å²) in [6.45, 7) is 4.35. The molecule has 0 spiro atoms. The lowest BCUT2D eigenvalue weighted by molar-refractivity contribution is 0.158. The van der Waals surface area contributed by atoms with Crippen molar-refractivity contribution in [1.29, 1.82) is 0 Å². The van der Waals surface area contributed by atoms with Crippen molar-refractivity contribution in [3.05, 3.63) is 29.3 Å². The number of hydrogen-bond acceptors (Lipinski definition) is 3. The molecule has 0 aromatic heterocycles. The maximum Gasteiger partial charge on any atom is 0.120 e. The summed E-state index contributed by atoms with van der Waals surface area (Å²) in [5.74, 6) is 0.366. The zero-order chi connectivity index (χ0) is 11.3. The molecule has 0 unspecified atom stereocenters. The van der Waals surface area contributed by atoms with Crippen molar-refractivity contribution in [3.63, 3.8) is 0 Å². The van der Waals surface area contributed by atoms with Gasteiger partial charge in [-0.15, -0.1) is 0 Å². The summed E-state index contributed by atoms with van der Waals surface area (Å²) in [4.78, 5) is 2.12. The third kappa shape index (κ3) is 3.90. The molecule has 0 amide bonds.